The van der Waals surface area contributed by atoms with Crippen molar-refractivity contribution in [1.82, 2.24) is 9.97 Å². The summed E-state index contributed by atoms with van der Waals surface area (Å²) < 4.78 is 1.30. The highest BCUT2D eigenvalue weighted by Gasteiger charge is 2.42. The number of hydrogen-bond acceptors (Lipinski definition) is 3. The van der Waals surface area contributed by atoms with Crippen LogP contribution in [0.5, 0.6) is 0 Å². The van der Waals surface area contributed by atoms with Gasteiger partial charge in [0.25, 0.3) is 0 Å². The van der Waals surface area contributed by atoms with E-state index in [1.807, 2.05) is 6.20 Å². The Morgan fingerprint density at radius 3 is 2.94 bits per heavy atom. The number of thiophene rings is 1. The number of nitrogens with two attached hydrogens (primary N) is 1. The van der Waals surface area contributed by atoms with Crippen LogP contribution in [0.25, 0.3) is 21.3 Å². The Bertz CT molecular complexity index is 721. The standard InChI is InChI=1S/C14H13N3S/c15-14(5-6-14)13-16-7-11(17-13)10-8-18-12-4-2-1-3-9(10)12/h1-4,7-8H,5-6,15H2,(H,16,17). The molecule has 2 aromatic heterocycles. The van der Waals surface area contributed by atoms with Crippen LogP contribution < -0.4 is 5.73 Å². The van der Waals surface area contributed by atoms with Gasteiger partial charge in [0.2, 0.25) is 0 Å². The average Bonchev–Trinajstić information content (AvgIpc) is 2.86. The van der Waals surface area contributed by atoms with Crippen LogP contribution in [0, 0.1) is 0 Å². The topological polar surface area (TPSA) is 54.7 Å². The van der Waals surface area contributed by atoms with Crippen molar-refractivity contribution in [2.45, 2.75) is 18.4 Å². The van der Waals surface area contributed by atoms with Gasteiger partial charge in [-0.15, -0.1) is 11.3 Å². The molecule has 3 nitrogen and oxygen atoms in total. The van der Waals surface area contributed by atoms with E-state index in [2.05, 4.69) is 39.6 Å². The Hall–Kier alpha value is -1.65. The van der Waals surface area contributed by atoms with Crippen LogP contribution in [0.3, 0.4) is 0 Å². The molecule has 0 unspecified atom stereocenters. The van der Waals surface area contributed by atoms with Gasteiger partial charge in [-0.2, -0.15) is 0 Å². The van der Waals surface area contributed by atoms with E-state index in [1.54, 1.807) is 11.3 Å². The van der Waals surface area contributed by atoms with Gasteiger partial charge in [0.15, 0.2) is 0 Å². The van der Waals surface area contributed by atoms with Gasteiger partial charge in [-0.3, -0.25) is 0 Å². The van der Waals surface area contributed by atoms with Gasteiger partial charge in [0.05, 0.1) is 17.4 Å². The second-order valence-electron chi connectivity index (χ2n) is 4.95. The molecule has 1 aliphatic carbocycles. The maximum Gasteiger partial charge on any atom is 0.126 e. The molecule has 90 valence electrons. The van der Waals surface area contributed by atoms with E-state index in [9.17, 15) is 0 Å². The SMILES string of the molecule is NC1(c2ncc(-c3csc4ccccc34)[nH]2)CC1. The molecule has 0 spiro atoms. The lowest BCUT2D eigenvalue weighted by atomic mass is 10.1. The predicted molar refractivity (Wildman–Crippen MR) is 74.5 cm³/mol. The molecule has 0 aliphatic heterocycles. The highest BCUT2D eigenvalue weighted by molar-refractivity contribution is 7.17. The molecule has 0 radical (unpaired) electrons. The van der Waals surface area contributed by atoms with Crippen LogP contribution in [0.15, 0.2) is 35.8 Å². The third-order valence-corrected chi connectivity index (χ3v) is 4.57. The lowest BCUT2D eigenvalue weighted by molar-refractivity contribution is 0.685. The van der Waals surface area contributed by atoms with Crippen molar-refractivity contribution in [3.63, 3.8) is 0 Å². The molecule has 0 amide bonds. The van der Waals surface area contributed by atoms with E-state index in [0.717, 1.165) is 24.4 Å². The van der Waals surface area contributed by atoms with Crippen LogP contribution in [-0.2, 0) is 5.54 Å². The first-order chi connectivity index (χ1) is 8.76. The number of aromatic amines is 1. The molecule has 1 fully saturated rings. The molecule has 1 aromatic carbocycles. The highest BCUT2D eigenvalue weighted by atomic mass is 32.1. The second-order valence-corrected chi connectivity index (χ2v) is 5.86. The van der Waals surface area contributed by atoms with E-state index in [4.69, 9.17) is 5.73 Å². The van der Waals surface area contributed by atoms with Gasteiger partial charge in [-0.1, -0.05) is 18.2 Å². The molecule has 4 rings (SSSR count). The number of H-pyrrole nitrogens is 1. The Morgan fingerprint density at radius 1 is 1.28 bits per heavy atom. The normalized spacial score (nSPS) is 17.2. The fraction of sp³-hybridized carbons (Fsp3) is 0.214. The lowest BCUT2D eigenvalue weighted by Crippen LogP contribution is -2.20. The van der Waals surface area contributed by atoms with Crippen LogP contribution in [-0.4, -0.2) is 9.97 Å². The minimum absolute atomic E-state index is 0.190. The Labute approximate surface area is 109 Å². The monoisotopic (exact) mass is 255 g/mol. The summed E-state index contributed by atoms with van der Waals surface area (Å²) in [5, 5.41) is 3.46. The number of imidazole rings is 1. The summed E-state index contributed by atoms with van der Waals surface area (Å²) in [6.07, 6.45) is 3.96. The largest absolute Gasteiger partial charge is 0.340 e. The van der Waals surface area contributed by atoms with Gasteiger partial charge in [0, 0.05) is 21.0 Å². The summed E-state index contributed by atoms with van der Waals surface area (Å²) in [5.41, 5.74) is 8.26. The number of hydrogen-bond donors (Lipinski definition) is 2. The van der Waals surface area contributed by atoms with E-state index >= 15 is 0 Å². The molecule has 18 heavy (non-hydrogen) atoms. The molecular weight excluding hydrogens is 242 g/mol. The van der Waals surface area contributed by atoms with Crippen molar-refractivity contribution >= 4 is 21.4 Å². The molecule has 0 saturated heterocycles. The zero-order chi connectivity index (χ0) is 12.2. The number of rotatable bonds is 2. The van der Waals surface area contributed by atoms with Gasteiger partial charge in [0.1, 0.15) is 5.82 Å². The fourth-order valence-electron chi connectivity index (χ4n) is 2.27. The molecule has 4 heteroatoms. The van der Waals surface area contributed by atoms with Crippen LogP contribution in [0.4, 0.5) is 0 Å². The van der Waals surface area contributed by atoms with Gasteiger partial charge in [-0.25, -0.2) is 4.98 Å². The Kier molecular flexibility index (Phi) is 1.96. The molecule has 1 aliphatic rings. The van der Waals surface area contributed by atoms with Gasteiger partial charge in [-0.05, 0) is 18.9 Å². The molecule has 3 N–H and O–H groups in total. The number of nitrogens with zero attached hydrogens (tertiary/aromatic N) is 1. The molecule has 1 saturated carbocycles. The first-order valence-corrected chi connectivity index (χ1v) is 6.95. The van der Waals surface area contributed by atoms with Crippen LogP contribution >= 0.6 is 11.3 Å². The van der Waals surface area contributed by atoms with Crippen LogP contribution in [0.1, 0.15) is 18.7 Å². The zero-order valence-corrected chi connectivity index (χ0v) is 10.6. The lowest BCUT2D eigenvalue weighted by Gasteiger charge is -2.02. The van der Waals surface area contributed by atoms with E-state index in [1.165, 1.54) is 15.6 Å². The minimum Gasteiger partial charge on any atom is -0.340 e. The average molecular weight is 255 g/mol. The maximum atomic E-state index is 6.16. The number of aromatic nitrogens is 2. The minimum atomic E-state index is -0.190. The van der Waals surface area contributed by atoms with Crippen molar-refractivity contribution < 1.29 is 0 Å². The van der Waals surface area contributed by atoms with Crippen molar-refractivity contribution in [3.8, 4) is 11.3 Å². The molecule has 0 bridgehead atoms. The quantitative estimate of drug-likeness (QED) is 0.738. The van der Waals surface area contributed by atoms with Gasteiger partial charge < -0.3 is 10.7 Å². The fourth-order valence-corrected chi connectivity index (χ4v) is 3.23. The summed E-state index contributed by atoms with van der Waals surface area (Å²) >= 11 is 1.76. The van der Waals surface area contributed by atoms with Crippen molar-refractivity contribution in [1.29, 1.82) is 0 Å². The maximum absolute atomic E-state index is 6.16. The van der Waals surface area contributed by atoms with Crippen molar-refractivity contribution in [2.24, 2.45) is 5.73 Å². The Morgan fingerprint density at radius 2 is 2.11 bits per heavy atom. The van der Waals surface area contributed by atoms with E-state index < -0.39 is 0 Å². The first-order valence-electron chi connectivity index (χ1n) is 6.07. The van der Waals surface area contributed by atoms with Gasteiger partial charge >= 0.3 is 0 Å². The van der Waals surface area contributed by atoms with E-state index in [-0.39, 0.29) is 5.54 Å². The third kappa shape index (κ3) is 1.43. The zero-order valence-electron chi connectivity index (χ0n) is 9.81. The van der Waals surface area contributed by atoms with Crippen molar-refractivity contribution in [2.75, 3.05) is 0 Å². The summed E-state index contributed by atoms with van der Waals surface area (Å²) in [7, 11) is 0. The number of benzene rings is 1. The molecule has 3 aromatic rings. The third-order valence-electron chi connectivity index (χ3n) is 3.61. The summed E-state index contributed by atoms with van der Waals surface area (Å²) in [6.45, 7) is 0. The molecule has 2 heterocycles. The Balaban J connectivity index is 1.85. The summed E-state index contributed by atoms with van der Waals surface area (Å²) in [4.78, 5) is 7.82. The smallest absolute Gasteiger partial charge is 0.126 e. The second kappa shape index (κ2) is 3.43. The molecular formula is C14H13N3S. The first kappa shape index (κ1) is 10.3. The molecule has 0 atom stereocenters. The van der Waals surface area contributed by atoms with E-state index in [0.29, 0.717) is 0 Å². The van der Waals surface area contributed by atoms with Crippen molar-refractivity contribution in [3.05, 3.63) is 41.7 Å². The van der Waals surface area contributed by atoms with Crippen LogP contribution in [0.2, 0.25) is 0 Å². The number of nitrogens with one attached hydrogen (secondary N) is 1. The highest BCUT2D eigenvalue weighted by Crippen LogP contribution is 2.42. The summed E-state index contributed by atoms with van der Waals surface area (Å²) in [6, 6.07) is 8.43. The summed E-state index contributed by atoms with van der Waals surface area (Å²) in [5.74, 6) is 0.924. The number of fused-ring (bicyclic) bond motifs is 1. The predicted octanol–water partition coefficient (Wildman–Crippen LogP) is 3.24.